The van der Waals surface area contributed by atoms with Crippen LogP contribution in [0.5, 0.6) is 0 Å². The van der Waals surface area contributed by atoms with Crippen LogP contribution in [0.25, 0.3) is 0 Å². The molecule has 2 heterocycles. The van der Waals surface area contributed by atoms with Gasteiger partial charge in [-0.15, -0.1) is 0 Å². The van der Waals surface area contributed by atoms with Gasteiger partial charge < -0.3 is 9.80 Å². The first kappa shape index (κ1) is 21.0. The van der Waals surface area contributed by atoms with Crippen LogP contribution in [0, 0.1) is 12.7 Å². The molecule has 4 rings (SSSR count). The second kappa shape index (κ2) is 7.14. The Bertz CT molecular complexity index is 1010. The third-order valence-electron chi connectivity index (χ3n) is 5.53. The summed E-state index contributed by atoms with van der Waals surface area (Å²) in [6.07, 6.45) is -4.27. The molecular weight excluding hydrogens is 424 g/mol. The number of hydrogen-bond acceptors (Lipinski definition) is 4. The topological polar surface area (TPSA) is 64.0 Å². The zero-order valence-corrected chi connectivity index (χ0v) is 16.8. The van der Waals surface area contributed by atoms with Crippen molar-refractivity contribution in [1.29, 1.82) is 0 Å². The van der Waals surface area contributed by atoms with Crippen LogP contribution in [0.3, 0.4) is 0 Å². The van der Waals surface area contributed by atoms with E-state index in [1.54, 1.807) is 11.8 Å². The Morgan fingerprint density at radius 2 is 1.80 bits per heavy atom. The highest BCUT2D eigenvalue weighted by molar-refractivity contribution is 8.24. The molecule has 1 saturated heterocycles. The van der Waals surface area contributed by atoms with Crippen LogP contribution in [-0.4, -0.2) is 44.1 Å². The van der Waals surface area contributed by atoms with Crippen LogP contribution >= 0.6 is 10.6 Å². The fourth-order valence-electron chi connectivity index (χ4n) is 4.02. The van der Waals surface area contributed by atoms with E-state index in [0.29, 0.717) is 23.4 Å². The van der Waals surface area contributed by atoms with Gasteiger partial charge in [0, 0.05) is 11.4 Å². The number of carbonyl (C=O) groups excluding carboxylic acids is 1. The Kier molecular flexibility index (Phi) is 4.99. The molecule has 2 aromatic rings. The van der Waals surface area contributed by atoms with Gasteiger partial charge in [0.1, 0.15) is 5.82 Å². The fraction of sp³-hybridized carbons (Fsp3) is 0.350. The van der Waals surface area contributed by atoms with E-state index in [4.69, 9.17) is 0 Å². The van der Waals surface area contributed by atoms with Crippen molar-refractivity contribution in [3.63, 3.8) is 0 Å². The van der Waals surface area contributed by atoms with E-state index in [0.717, 1.165) is 12.1 Å². The molecule has 10 heteroatoms. The number of benzene rings is 2. The van der Waals surface area contributed by atoms with E-state index in [9.17, 15) is 31.5 Å². The maximum Gasteiger partial charge on any atom is 0.416 e. The van der Waals surface area contributed by atoms with Crippen molar-refractivity contribution in [1.82, 2.24) is 4.90 Å². The van der Waals surface area contributed by atoms with Crippen LogP contribution < -0.4 is 4.90 Å². The van der Waals surface area contributed by atoms with E-state index < -0.39 is 40.1 Å². The van der Waals surface area contributed by atoms with Crippen molar-refractivity contribution in [3.05, 3.63) is 58.9 Å². The Hall–Kier alpha value is -2.30. The molecule has 1 unspecified atom stereocenters. The maximum atomic E-state index is 13.6. The van der Waals surface area contributed by atoms with E-state index in [1.165, 1.54) is 29.2 Å². The number of carbonyl (C=O) groups is 1. The highest BCUT2D eigenvalue weighted by Gasteiger charge is 2.41. The first-order valence-corrected chi connectivity index (χ1v) is 11.1. The highest BCUT2D eigenvalue weighted by atomic mass is 32.3. The van der Waals surface area contributed by atoms with Gasteiger partial charge in [0.25, 0.3) is 5.91 Å². The summed E-state index contributed by atoms with van der Waals surface area (Å²) < 4.78 is 73.4. The molecule has 5 nitrogen and oxygen atoms in total. The number of fused-ring (bicyclic) bond motifs is 1. The second-order valence-electron chi connectivity index (χ2n) is 7.62. The number of aryl methyl sites for hydroxylation is 1. The lowest BCUT2D eigenvalue weighted by Crippen LogP contribution is -2.50. The molecule has 2 aromatic carbocycles. The SMILES string of the molecule is Cc1cc(F)ccc1N1CN(C2CCS(O)(O)C2)C(=O)c2cc(C(F)(F)F)ccc21. The number of hydrogen-bond donors (Lipinski definition) is 2. The van der Waals surface area contributed by atoms with Crippen molar-refractivity contribution < 1.29 is 31.5 Å². The third kappa shape index (κ3) is 3.75. The minimum absolute atomic E-state index is 0.0106. The van der Waals surface area contributed by atoms with Crippen LogP contribution in [0.4, 0.5) is 28.9 Å². The molecule has 1 amide bonds. The predicted octanol–water partition coefficient (Wildman–Crippen LogP) is 5.23. The predicted molar refractivity (Wildman–Crippen MR) is 107 cm³/mol. The smallest absolute Gasteiger partial charge is 0.322 e. The molecule has 0 aromatic heterocycles. The van der Waals surface area contributed by atoms with Gasteiger partial charge in [-0.1, -0.05) is 0 Å². The Morgan fingerprint density at radius 3 is 2.40 bits per heavy atom. The zero-order chi connectivity index (χ0) is 21.8. The minimum atomic E-state index is -4.61. The number of rotatable bonds is 2. The molecule has 0 spiro atoms. The minimum Gasteiger partial charge on any atom is -0.322 e. The summed E-state index contributed by atoms with van der Waals surface area (Å²) >= 11 is 0. The van der Waals surface area contributed by atoms with Crippen molar-refractivity contribution in [2.45, 2.75) is 25.6 Å². The molecule has 0 aliphatic carbocycles. The average molecular weight is 444 g/mol. The molecule has 0 bridgehead atoms. The molecule has 2 aliphatic rings. The summed E-state index contributed by atoms with van der Waals surface area (Å²) in [4.78, 5) is 16.2. The third-order valence-corrected chi connectivity index (χ3v) is 7.34. The zero-order valence-electron chi connectivity index (χ0n) is 16.0. The normalized spacial score (nSPS) is 22.2. The van der Waals surface area contributed by atoms with Gasteiger partial charge in [-0.2, -0.15) is 23.8 Å². The summed E-state index contributed by atoms with van der Waals surface area (Å²) in [5, 5.41) is 0. The Labute approximate surface area is 172 Å². The van der Waals surface area contributed by atoms with Crippen molar-refractivity contribution in [2.24, 2.45) is 0 Å². The van der Waals surface area contributed by atoms with Gasteiger partial charge in [0.15, 0.2) is 0 Å². The van der Waals surface area contributed by atoms with Crippen molar-refractivity contribution in [3.8, 4) is 0 Å². The average Bonchev–Trinajstić information content (AvgIpc) is 3.01. The van der Waals surface area contributed by atoms with Crippen molar-refractivity contribution >= 4 is 27.9 Å². The summed E-state index contributed by atoms with van der Waals surface area (Å²) in [6.45, 7) is 1.69. The van der Waals surface area contributed by atoms with E-state index >= 15 is 0 Å². The summed E-state index contributed by atoms with van der Waals surface area (Å²) in [6, 6.07) is 6.56. The number of amides is 1. The summed E-state index contributed by atoms with van der Waals surface area (Å²) in [5.74, 6) is -0.900. The van der Waals surface area contributed by atoms with Crippen LogP contribution in [-0.2, 0) is 6.18 Å². The second-order valence-corrected chi connectivity index (χ2v) is 9.97. The molecule has 162 valence electrons. The van der Waals surface area contributed by atoms with Gasteiger partial charge in [-0.05, 0) is 55.3 Å². The number of anilines is 2. The molecule has 1 atom stereocenters. The van der Waals surface area contributed by atoms with Crippen LogP contribution in [0.15, 0.2) is 36.4 Å². The van der Waals surface area contributed by atoms with Crippen molar-refractivity contribution in [2.75, 3.05) is 23.1 Å². The molecule has 2 N–H and O–H groups in total. The monoisotopic (exact) mass is 444 g/mol. The number of nitrogens with zero attached hydrogens (tertiary/aromatic N) is 2. The molecular formula is C20H20F4N2O3S. The molecule has 0 saturated carbocycles. The Balaban J connectivity index is 1.83. The number of halogens is 4. The van der Waals surface area contributed by atoms with Crippen LogP contribution in [0.1, 0.15) is 27.9 Å². The van der Waals surface area contributed by atoms with E-state index in [-0.39, 0.29) is 23.7 Å². The lowest BCUT2D eigenvalue weighted by atomic mass is 10.0. The number of alkyl halides is 3. The van der Waals surface area contributed by atoms with Gasteiger partial charge in [0.05, 0.1) is 35.3 Å². The quantitative estimate of drug-likeness (QED) is 0.623. The maximum absolute atomic E-state index is 13.6. The summed E-state index contributed by atoms with van der Waals surface area (Å²) in [5.41, 5.74) is 0.347. The molecule has 1 fully saturated rings. The lowest BCUT2D eigenvalue weighted by molar-refractivity contribution is -0.137. The van der Waals surface area contributed by atoms with E-state index in [1.807, 2.05) is 0 Å². The van der Waals surface area contributed by atoms with Gasteiger partial charge >= 0.3 is 6.18 Å². The molecule has 0 radical (unpaired) electrons. The Morgan fingerprint density at radius 1 is 1.10 bits per heavy atom. The first-order valence-electron chi connectivity index (χ1n) is 9.26. The highest BCUT2D eigenvalue weighted by Crippen LogP contribution is 2.48. The fourth-order valence-corrected chi connectivity index (χ4v) is 5.80. The largest absolute Gasteiger partial charge is 0.416 e. The van der Waals surface area contributed by atoms with Gasteiger partial charge in [-0.3, -0.25) is 13.9 Å². The standard InChI is InChI=1S/C20H20F4N2O3S/c1-12-8-14(21)3-5-17(12)26-11-25(15-6-7-30(28,29)10-15)19(27)16-9-13(20(22,23)24)2-4-18(16)26/h2-5,8-9,15,28-29H,6-7,10-11H2,1H3. The van der Waals surface area contributed by atoms with Gasteiger partial charge in [-0.25, -0.2) is 4.39 Å². The molecule has 30 heavy (non-hydrogen) atoms. The first-order chi connectivity index (χ1) is 14.0. The molecule has 2 aliphatic heterocycles. The lowest BCUT2D eigenvalue weighted by Gasteiger charge is -2.42. The summed E-state index contributed by atoms with van der Waals surface area (Å²) in [7, 11) is -2.81. The van der Waals surface area contributed by atoms with E-state index in [2.05, 4.69) is 0 Å². The van der Waals surface area contributed by atoms with Crippen LogP contribution in [0.2, 0.25) is 0 Å². The van der Waals surface area contributed by atoms with Gasteiger partial charge in [0.2, 0.25) is 0 Å².